The molecule has 0 N–H and O–H groups in total. The van der Waals surface area contributed by atoms with Crippen LogP contribution in [0, 0.1) is 0 Å². The molecule has 0 saturated carbocycles. The predicted molar refractivity (Wildman–Crippen MR) is 62.2 cm³/mol. The van der Waals surface area contributed by atoms with Crippen molar-refractivity contribution >= 4 is 34.7 Å². The molecule has 0 aliphatic carbocycles. The van der Waals surface area contributed by atoms with Gasteiger partial charge in [0, 0.05) is 0 Å². The maximum Gasteiger partial charge on any atom is 0.344 e. The van der Waals surface area contributed by atoms with Crippen LogP contribution >= 0.6 is 23.2 Å². The lowest BCUT2D eigenvalue weighted by Gasteiger charge is -2.07. The molecule has 0 aromatic heterocycles. The van der Waals surface area contributed by atoms with Crippen LogP contribution < -0.4 is 0 Å². The van der Waals surface area contributed by atoms with Crippen molar-refractivity contribution < 1.29 is 18.3 Å². The van der Waals surface area contributed by atoms with E-state index < -0.39 is 17.6 Å². The summed E-state index contributed by atoms with van der Waals surface area (Å²) in [5, 5.41) is 0.310. The summed E-state index contributed by atoms with van der Waals surface area (Å²) in [5.74, 6) is -1.09. The Morgan fingerprint density at radius 3 is 2.41 bits per heavy atom. The summed E-state index contributed by atoms with van der Waals surface area (Å²) in [7, 11) is 0. The molecular weight excluding hydrogens is 273 g/mol. The van der Waals surface area contributed by atoms with Crippen LogP contribution in [0.5, 0.6) is 0 Å². The summed E-state index contributed by atoms with van der Waals surface area (Å²) >= 11 is 11.3. The largest absolute Gasteiger partial charge is 0.462 e. The number of esters is 1. The van der Waals surface area contributed by atoms with Gasteiger partial charge in [0.15, 0.2) is 0 Å². The van der Waals surface area contributed by atoms with E-state index in [1.807, 2.05) is 0 Å². The molecule has 0 unspecified atom stereocenters. The van der Waals surface area contributed by atoms with Crippen LogP contribution in [-0.2, 0) is 9.53 Å². The van der Waals surface area contributed by atoms with Crippen LogP contribution in [0.25, 0.3) is 5.57 Å². The van der Waals surface area contributed by atoms with Gasteiger partial charge in [-0.15, -0.1) is 0 Å². The molecule has 17 heavy (non-hydrogen) atoms. The van der Waals surface area contributed by atoms with E-state index in [0.29, 0.717) is 0 Å². The van der Waals surface area contributed by atoms with Gasteiger partial charge < -0.3 is 4.74 Å². The Kier molecular flexibility index (Phi) is 4.90. The minimum absolute atomic E-state index is 0.0108. The average molecular weight is 281 g/mol. The molecule has 0 radical (unpaired) electrons. The van der Waals surface area contributed by atoms with Gasteiger partial charge in [-0.25, -0.2) is 4.79 Å². The Labute approximate surface area is 107 Å². The summed E-state index contributed by atoms with van der Waals surface area (Å²) in [5.41, 5.74) is -0.830. The standard InChI is InChI=1S/C11H8Cl2F2O2/c1-2-17-11(16)9(10(14)15)6-3-4-7(12)8(13)5-6/h3-5H,2H2,1H3. The number of carbonyl (C=O) groups is 1. The summed E-state index contributed by atoms with van der Waals surface area (Å²) in [6, 6.07) is 3.80. The second kappa shape index (κ2) is 5.98. The molecule has 0 aliphatic rings. The molecule has 6 heteroatoms. The lowest BCUT2D eigenvalue weighted by Crippen LogP contribution is -2.07. The highest BCUT2D eigenvalue weighted by Gasteiger charge is 2.20. The van der Waals surface area contributed by atoms with E-state index in [-0.39, 0.29) is 22.2 Å². The van der Waals surface area contributed by atoms with Crippen LogP contribution in [0.15, 0.2) is 24.3 Å². The van der Waals surface area contributed by atoms with Gasteiger partial charge in [0.2, 0.25) is 0 Å². The Balaban J connectivity index is 3.21. The Morgan fingerprint density at radius 1 is 1.29 bits per heavy atom. The van der Waals surface area contributed by atoms with Crippen molar-refractivity contribution in [2.75, 3.05) is 6.61 Å². The van der Waals surface area contributed by atoms with Gasteiger partial charge >= 0.3 is 5.97 Å². The van der Waals surface area contributed by atoms with Crippen LogP contribution in [-0.4, -0.2) is 12.6 Å². The Hall–Kier alpha value is -1.13. The number of hydrogen-bond acceptors (Lipinski definition) is 2. The third kappa shape index (κ3) is 3.41. The van der Waals surface area contributed by atoms with E-state index in [1.165, 1.54) is 25.1 Å². The lowest BCUT2D eigenvalue weighted by molar-refractivity contribution is -0.136. The third-order valence-corrected chi connectivity index (χ3v) is 2.62. The molecular formula is C11H8Cl2F2O2. The monoisotopic (exact) mass is 280 g/mol. The normalized spacial score (nSPS) is 9.94. The second-order valence-corrected chi connectivity index (χ2v) is 3.80. The minimum Gasteiger partial charge on any atom is -0.462 e. The maximum atomic E-state index is 12.7. The lowest BCUT2D eigenvalue weighted by atomic mass is 10.1. The smallest absolute Gasteiger partial charge is 0.344 e. The zero-order valence-corrected chi connectivity index (χ0v) is 10.3. The first-order valence-corrected chi connectivity index (χ1v) is 5.40. The molecule has 0 saturated heterocycles. The van der Waals surface area contributed by atoms with Gasteiger partial charge in [-0.2, -0.15) is 8.78 Å². The van der Waals surface area contributed by atoms with Crippen molar-refractivity contribution in [3.05, 3.63) is 39.9 Å². The maximum absolute atomic E-state index is 12.7. The molecule has 2 nitrogen and oxygen atoms in total. The molecule has 0 bridgehead atoms. The third-order valence-electron chi connectivity index (χ3n) is 1.88. The van der Waals surface area contributed by atoms with E-state index in [2.05, 4.69) is 4.74 Å². The zero-order valence-electron chi connectivity index (χ0n) is 8.77. The summed E-state index contributed by atoms with van der Waals surface area (Å²) in [6.07, 6.45) is -2.12. The number of benzene rings is 1. The molecule has 0 amide bonds. The molecule has 1 rings (SSSR count). The Bertz CT molecular complexity index is 469. The number of ether oxygens (including phenoxy) is 1. The number of hydrogen-bond donors (Lipinski definition) is 0. The van der Waals surface area contributed by atoms with Gasteiger partial charge in [0.25, 0.3) is 6.08 Å². The van der Waals surface area contributed by atoms with E-state index in [9.17, 15) is 13.6 Å². The van der Waals surface area contributed by atoms with Crippen molar-refractivity contribution in [2.45, 2.75) is 6.92 Å². The first-order chi connectivity index (χ1) is 7.97. The van der Waals surface area contributed by atoms with Crippen molar-refractivity contribution in [3.63, 3.8) is 0 Å². The highest BCUT2D eigenvalue weighted by atomic mass is 35.5. The minimum atomic E-state index is -2.12. The van der Waals surface area contributed by atoms with Crippen molar-refractivity contribution in [2.24, 2.45) is 0 Å². The predicted octanol–water partition coefficient (Wildman–Crippen LogP) is 4.16. The highest BCUT2D eigenvalue weighted by Crippen LogP contribution is 2.29. The zero-order chi connectivity index (χ0) is 13.0. The van der Waals surface area contributed by atoms with E-state index in [0.717, 1.165) is 0 Å². The fourth-order valence-electron chi connectivity index (χ4n) is 1.16. The van der Waals surface area contributed by atoms with E-state index in [1.54, 1.807) is 0 Å². The molecule has 0 aliphatic heterocycles. The molecule has 0 fully saturated rings. The number of halogens is 4. The molecule has 0 spiro atoms. The SMILES string of the molecule is CCOC(=O)C(=C(F)F)c1ccc(Cl)c(Cl)c1. The van der Waals surface area contributed by atoms with Crippen LogP contribution in [0.2, 0.25) is 10.0 Å². The quantitative estimate of drug-likeness (QED) is 0.614. The number of carbonyl (C=O) groups excluding carboxylic acids is 1. The first-order valence-electron chi connectivity index (χ1n) is 4.65. The summed E-state index contributed by atoms with van der Waals surface area (Å²) in [4.78, 5) is 11.3. The second-order valence-electron chi connectivity index (χ2n) is 2.98. The van der Waals surface area contributed by atoms with Gasteiger partial charge in [-0.1, -0.05) is 29.3 Å². The molecule has 92 valence electrons. The van der Waals surface area contributed by atoms with Crippen molar-refractivity contribution in [1.82, 2.24) is 0 Å². The number of rotatable bonds is 3. The Morgan fingerprint density at radius 2 is 1.94 bits per heavy atom. The highest BCUT2D eigenvalue weighted by molar-refractivity contribution is 6.42. The van der Waals surface area contributed by atoms with Crippen molar-refractivity contribution in [3.8, 4) is 0 Å². The summed E-state index contributed by atoms with van der Waals surface area (Å²) in [6.45, 7) is 1.54. The van der Waals surface area contributed by atoms with E-state index in [4.69, 9.17) is 23.2 Å². The molecule has 0 heterocycles. The molecule has 1 aromatic rings. The first kappa shape index (κ1) is 13.9. The van der Waals surface area contributed by atoms with Gasteiger partial charge in [-0.05, 0) is 24.6 Å². The van der Waals surface area contributed by atoms with Gasteiger partial charge in [-0.3, -0.25) is 0 Å². The van der Waals surface area contributed by atoms with Crippen LogP contribution in [0.3, 0.4) is 0 Å². The van der Waals surface area contributed by atoms with E-state index >= 15 is 0 Å². The fourth-order valence-corrected chi connectivity index (χ4v) is 1.46. The molecule has 0 atom stereocenters. The summed E-state index contributed by atoms with van der Waals surface area (Å²) < 4.78 is 29.9. The van der Waals surface area contributed by atoms with Gasteiger partial charge in [0.1, 0.15) is 5.57 Å². The topological polar surface area (TPSA) is 26.3 Å². The van der Waals surface area contributed by atoms with Crippen molar-refractivity contribution in [1.29, 1.82) is 0 Å². The van der Waals surface area contributed by atoms with Crippen LogP contribution in [0.4, 0.5) is 8.78 Å². The average Bonchev–Trinajstić information content (AvgIpc) is 2.23. The molecule has 1 aromatic carbocycles. The van der Waals surface area contributed by atoms with Gasteiger partial charge in [0.05, 0.1) is 16.7 Å². The fraction of sp³-hybridized carbons (Fsp3) is 0.182. The van der Waals surface area contributed by atoms with Crippen LogP contribution in [0.1, 0.15) is 12.5 Å².